The van der Waals surface area contributed by atoms with Gasteiger partial charge in [-0.25, -0.2) is 4.79 Å². The number of alkyl carbamates (subject to hydrolysis) is 1. The number of H-pyrrole nitrogens is 1. The first kappa shape index (κ1) is 45.7. The number of hydrogen-bond acceptors (Lipinski definition) is 9. The molecule has 0 radical (unpaired) electrons. The molecule has 17 nitrogen and oxygen atoms in total. The second-order valence-electron chi connectivity index (χ2n) is 15.0. The monoisotopic (exact) mass is 824 g/mol. The Bertz CT molecular complexity index is 2130. The van der Waals surface area contributed by atoms with Crippen molar-refractivity contribution >= 4 is 58.6 Å². The van der Waals surface area contributed by atoms with Gasteiger partial charge in [0, 0.05) is 55.0 Å². The summed E-state index contributed by atoms with van der Waals surface area (Å²) in [5, 5.41) is 23.4. The Labute approximate surface area is 347 Å². The molecule has 60 heavy (non-hydrogen) atoms. The van der Waals surface area contributed by atoms with Crippen molar-refractivity contribution in [1.29, 1.82) is 0 Å². The highest BCUT2D eigenvalue weighted by atomic mass is 16.6. The number of carboxylic acid groups (broad SMARTS) is 1. The number of carbonyl (C=O) groups is 7. The molecule has 0 bridgehead atoms. The number of amides is 6. The summed E-state index contributed by atoms with van der Waals surface area (Å²) in [5.74, 6) is -5.33. The van der Waals surface area contributed by atoms with Gasteiger partial charge in [0.1, 0.15) is 29.8 Å². The lowest BCUT2D eigenvalue weighted by atomic mass is 10.0. The topological polar surface area (TPSA) is 264 Å². The molecule has 0 aliphatic rings. The summed E-state index contributed by atoms with van der Waals surface area (Å²) in [6, 6.07) is 14.1. The Morgan fingerprint density at radius 3 is 2.15 bits per heavy atom. The predicted molar refractivity (Wildman–Crippen MR) is 223 cm³/mol. The summed E-state index contributed by atoms with van der Waals surface area (Å²) in [6.45, 7) is 5.20. The maximum absolute atomic E-state index is 14.1. The number of benzene rings is 2. The van der Waals surface area contributed by atoms with E-state index in [1.54, 1.807) is 87.9 Å². The smallest absolute Gasteiger partial charge is 0.408 e. The molecule has 0 spiro atoms. The van der Waals surface area contributed by atoms with Crippen LogP contribution < -0.4 is 32.3 Å². The molecule has 6 amide bonds. The van der Waals surface area contributed by atoms with Gasteiger partial charge < -0.3 is 47.1 Å². The standard InChI is InChI=1S/C43H52N8O9/c1-43(2,3)60-42(59)51-34(23-29-26-47-31-16-8-7-15-30(29)31)40(57)48-32(17-9-10-21-46-36(52)19-18-28-14-11-20-45-25-28)39(56)50-35(24-37(53)54)41(58)49-33(38(44)55)22-27-12-5-4-6-13-27/h4-8,11-16,18-20,25-26,32-35,47H,9-10,17,21-24H2,1-3H3,(H2,44,55)(H,46,52)(H,48,57)(H,49,58)(H,50,56)(H,51,59)(H,53,54)/b19-18+/t32-,33-,34-,35-/m0/s1. The van der Waals surface area contributed by atoms with E-state index < -0.39 is 71.9 Å². The summed E-state index contributed by atoms with van der Waals surface area (Å²) in [5.41, 5.74) is 7.57. The van der Waals surface area contributed by atoms with Crippen LogP contribution in [0.3, 0.4) is 0 Å². The fraction of sp³-hybridized carbons (Fsp3) is 0.349. The second kappa shape index (κ2) is 22.2. The van der Waals surface area contributed by atoms with E-state index in [0.29, 0.717) is 17.5 Å². The third-order valence-electron chi connectivity index (χ3n) is 9.02. The van der Waals surface area contributed by atoms with Crippen LogP contribution in [0.25, 0.3) is 17.0 Å². The number of ether oxygens (including phenoxy) is 1. The van der Waals surface area contributed by atoms with Crippen molar-refractivity contribution in [2.45, 2.75) is 89.1 Å². The number of aromatic amines is 1. The molecule has 2 aromatic heterocycles. The van der Waals surface area contributed by atoms with Crippen LogP contribution >= 0.6 is 0 Å². The number of aliphatic carboxylic acids is 1. The Morgan fingerprint density at radius 1 is 0.800 bits per heavy atom. The van der Waals surface area contributed by atoms with Crippen molar-refractivity contribution in [3.05, 3.63) is 108 Å². The first-order valence-electron chi connectivity index (χ1n) is 19.4. The Kier molecular flexibility index (Phi) is 16.9. The minimum atomic E-state index is -1.68. The zero-order valence-electron chi connectivity index (χ0n) is 33.7. The molecule has 318 valence electrons. The normalized spacial score (nSPS) is 13.3. The molecule has 0 fully saturated rings. The van der Waals surface area contributed by atoms with Gasteiger partial charge in [-0.15, -0.1) is 0 Å². The quantitative estimate of drug-likeness (QED) is 0.0450. The number of aromatic nitrogens is 2. The maximum atomic E-state index is 14.1. The highest BCUT2D eigenvalue weighted by molar-refractivity contribution is 5.97. The number of rotatable bonds is 21. The van der Waals surface area contributed by atoms with Crippen LogP contribution in [0.15, 0.2) is 91.4 Å². The van der Waals surface area contributed by atoms with Gasteiger partial charge in [-0.2, -0.15) is 0 Å². The zero-order valence-corrected chi connectivity index (χ0v) is 33.7. The van der Waals surface area contributed by atoms with Gasteiger partial charge in [-0.05, 0) is 74.9 Å². The van der Waals surface area contributed by atoms with Gasteiger partial charge in [-0.1, -0.05) is 54.6 Å². The highest BCUT2D eigenvalue weighted by Crippen LogP contribution is 2.20. The Morgan fingerprint density at radius 2 is 1.47 bits per heavy atom. The fourth-order valence-corrected chi connectivity index (χ4v) is 6.11. The number of carboxylic acids is 1. The van der Waals surface area contributed by atoms with E-state index in [9.17, 15) is 38.7 Å². The number of carbonyl (C=O) groups excluding carboxylic acids is 6. The number of nitrogens with one attached hydrogen (secondary N) is 6. The van der Waals surface area contributed by atoms with Crippen LogP contribution in [0, 0.1) is 0 Å². The van der Waals surface area contributed by atoms with E-state index in [0.717, 1.165) is 16.5 Å². The molecule has 9 N–H and O–H groups in total. The number of unbranched alkanes of at least 4 members (excludes halogenated alkanes) is 1. The molecular formula is C43H52N8O9. The van der Waals surface area contributed by atoms with Gasteiger partial charge >= 0.3 is 12.1 Å². The highest BCUT2D eigenvalue weighted by Gasteiger charge is 2.33. The van der Waals surface area contributed by atoms with Gasteiger partial charge in [0.2, 0.25) is 29.5 Å². The molecule has 0 aliphatic carbocycles. The summed E-state index contributed by atoms with van der Waals surface area (Å²) in [7, 11) is 0. The van der Waals surface area contributed by atoms with Crippen molar-refractivity contribution in [2.24, 2.45) is 5.73 Å². The van der Waals surface area contributed by atoms with Crippen molar-refractivity contribution in [3.8, 4) is 0 Å². The van der Waals surface area contributed by atoms with Gasteiger partial charge in [0.05, 0.1) is 6.42 Å². The van der Waals surface area contributed by atoms with E-state index >= 15 is 0 Å². The number of primary amides is 1. The van der Waals surface area contributed by atoms with Crippen molar-refractivity contribution in [3.63, 3.8) is 0 Å². The van der Waals surface area contributed by atoms with Crippen LogP contribution in [0.1, 0.15) is 63.1 Å². The number of nitrogens with zero attached hydrogens (tertiary/aromatic N) is 1. The molecule has 4 aromatic rings. The molecule has 0 saturated heterocycles. The van der Waals surface area contributed by atoms with Crippen molar-refractivity contribution in [2.75, 3.05) is 6.54 Å². The lowest BCUT2D eigenvalue weighted by Gasteiger charge is -2.26. The SMILES string of the molecule is CC(C)(C)OC(=O)N[C@@H](Cc1c[nH]c2ccccc12)C(=O)N[C@@H](CCCCNC(=O)/C=C/c1cccnc1)C(=O)N[C@@H](CC(=O)O)C(=O)N[C@@H](Cc1ccccc1)C(N)=O. The number of pyridine rings is 1. The molecule has 4 rings (SSSR count). The first-order valence-corrected chi connectivity index (χ1v) is 19.4. The Hall–Kier alpha value is -7.04. The molecule has 2 aromatic carbocycles. The fourth-order valence-electron chi connectivity index (χ4n) is 6.11. The lowest BCUT2D eigenvalue weighted by Crippen LogP contribution is -2.59. The van der Waals surface area contributed by atoms with Gasteiger partial charge in [0.15, 0.2) is 0 Å². The summed E-state index contributed by atoms with van der Waals surface area (Å²) < 4.78 is 5.44. The molecule has 17 heteroatoms. The third kappa shape index (κ3) is 15.4. The van der Waals surface area contributed by atoms with E-state index in [4.69, 9.17) is 10.5 Å². The van der Waals surface area contributed by atoms with Crippen LogP contribution in [-0.2, 0) is 46.3 Å². The lowest BCUT2D eigenvalue weighted by molar-refractivity contribution is -0.141. The van der Waals surface area contributed by atoms with Crippen molar-refractivity contribution in [1.82, 2.24) is 36.6 Å². The molecule has 2 heterocycles. The van der Waals surface area contributed by atoms with Gasteiger partial charge in [-0.3, -0.25) is 33.8 Å². The number of para-hydroxylation sites is 1. The Balaban J connectivity index is 1.53. The minimum Gasteiger partial charge on any atom is -0.481 e. The van der Waals surface area contributed by atoms with Crippen LogP contribution in [-0.4, -0.2) is 93.0 Å². The first-order chi connectivity index (χ1) is 28.6. The number of fused-ring (bicyclic) bond motifs is 1. The number of nitrogens with two attached hydrogens (primary N) is 1. The van der Waals surface area contributed by atoms with E-state index in [-0.39, 0.29) is 38.1 Å². The molecule has 4 atom stereocenters. The molecule has 0 saturated carbocycles. The second-order valence-corrected chi connectivity index (χ2v) is 15.0. The molecular weight excluding hydrogens is 773 g/mol. The summed E-state index contributed by atoms with van der Waals surface area (Å²) in [4.78, 5) is 98.5. The summed E-state index contributed by atoms with van der Waals surface area (Å²) >= 11 is 0. The van der Waals surface area contributed by atoms with E-state index in [1.807, 2.05) is 24.3 Å². The van der Waals surface area contributed by atoms with Crippen LogP contribution in [0.2, 0.25) is 0 Å². The van der Waals surface area contributed by atoms with Gasteiger partial charge in [0.25, 0.3) is 0 Å². The maximum Gasteiger partial charge on any atom is 0.408 e. The average molecular weight is 825 g/mol. The largest absolute Gasteiger partial charge is 0.481 e. The van der Waals surface area contributed by atoms with Crippen LogP contribution in [0.4, 0.5) is 4.79 Å². The molecule has 0 aliphatic heterocycles. The predicted octanol–water partition coefficient (Wildman–Crippen LogP) is 2.66. The number of hydrogen-bond donors (Lipinski definition) is 8. The summed E-state index contributed by atoms with van der Waals surface area (Å²) in [6.07, 6.45) is 6.74. The van der Waals surface area contributed by atoms with E-state index in [2.05, 4.69) is 36.6 Å². The van der Waals surface area contributed by atoms with Crippen molar-refractivity contribution < 1.29 is 43.4 Å². The molecule has 0 unspecified atom stereocenters. The van der Waals surface area contributed by atoms with E-state index in [1.165, 1.54) is 6.08 Å². The minimum absolute atomic E-state index is 0.00654. The average Bonchev–Trinajstić information content (AvgIpc) is 3.61. The van der Waals surface area contributed by atoms with Crippen LogP contribution in [0.5, 0.6) is 0 Å². The third-order valence-corrected chi connectivity index (χ3v) is 9.02. The zero-order chi connectivity index (χ0) is 43.7.